The van der Waals surface area contributed by atoms with Crippen molar-refractivity contribution in [2.24, 2.45) is 5.92 Å². The van der Waals surface area contributed by atoms with Crippen LogP contribution in [0.3, 0.4) is 0 Å². The van der Waals surface area contributed by atoms with Crippen LogP contribution in [0.25, 0.3) is 0 Å². The van der Waals surface area contributed by atoms with Gasteiger partial charge in [0.15, 0.2) is 0 Å². The maximum Gasteiger partial charge on any atom is 0.254 e. The molecule has 0 atom stereocenters. The van der Waals surface area contributed by atoms with E-state index in [1.807, 2.05) is 36.1 Å². The first-order valence-corrected chi connectivity index (χ1v) is 6.89. The minimum Gasteiger partial charge on any atom is -0.339 e. The van der Waals surface area contributed by atoms with E-state index >= 15 is 0 Å². The van der Waals surface area contributed by atoms with E-state index in [0.717, 1.165) is 29.5 Å². The molecule has 0 N–H and O–H groups in total. The third-order valence-corrected chi connectivity index (χ3v) is 3.44. The van der Waals surface area contributed by atoms with E-state index < -0.39 is 0 Å². The molecule has 0 unspecified atom stereocenters. The molecule has 1 aromatic carbocycles. The third kappa shape index (κ3) is 4.15. The summed E-state index contributed by atoms with van der Waals surface area (Å²) < 4.78 is 0.869. The summed E-state index contributed by atoms with van der Waals surface area (Å²) in [6, 6.07) is 7.59. The number of carbonyl (C=O) groups excluding carboxylic acids is 1. The molecule has 0 spiro atoms. The fourth-order valence-electron chi connectivity index (χ4n) is 1.62. The molecule has 0 fully saturated rings. The smallest absolute Gasteiger partial charge is 0.254 e. The van der Waals surface area contributed by atoms with Crippen LogP contribution in [0.4, 0.5) is 0 Å². The van der Waals surface area contributed by atoms with Gasteiger partial charge in [-0.1, -0.05) is 26.0 Å². The van der Waals surface area contributed by atoms with Crippen LogP contribution in [0.5, 0.6) is 0 Å². The van der Waals surface area contributed by atoms with Gasteiger partial charge in [-0.05, 0) is 47.3 Å². The number of hydrogen-bond donors (Lipinski definition) is 0. The van der Waals surface area contributed by atoms with Crippen molar-refractivity contribution >= 4 is 21.8 Å². The van der Waals surface area contributed by atoms with Crippen LogP contribution in [0.1, 0.15) is 37.6 Å². The second kappa shape index (κ2) is 6.80. The molecule has 0 aromatic heterocycles. The highest BCUT2D eigenvalue weighted by molar-refractivity contribution is 9.10. The summed E-state index contributed by atoms with van der Waals surface area (Å²) >= 11 is 3.43. The van der Waals surface area contributed by atoms with Crippen LogP contribution in [-0.4, -0.2) is 23.9 Å². The van der Waals surface area contributed by atoms with Gasteiger partial charge in [-0.25, -0.2) is 0 Å². The lowest BCUT2D eigenvalue weighted by molar-refractivity contribution is 0.0756. The molecule has 0 aliphatic rings. The number of halogens is 1. The van der Waals surface area contributed by atoms with Crippen molar-refractivity contribution in [2.45, 2.75) is 27.2 Å². The average Bonchev–Trinajstić information content (AvgIpc) is 2.29. The lowest BCUT2D eigenvalue weighted by Crippen LogP contribution is -2.32. The molecule has 1 amide bonds. The van der Waals surface area contributed by atoms with Crippen LogP contribution in [0.2, 0.25) is 0 Å². The molecular weight excluding hydrogens is 278 g/mol. The van der Waals surface area contributed by atoms with Crippen molar-refractivity contribution in [3.8, 4) is 0 Å². The van der Waals surface area contributed by atoms with Gasteiger partial charge in [0.2, 0.25) is 0 Å². The Hall–Kier alpha value is -0.830. The summed E-state index contributed by atoms with van der Waals surface area (Å²) in [5.41, 5.74) is 0.748. The van der Waals surface area contributed by atoms with Crippen LogP contribution in [0, 0.1) is 5.92 Å². The molecule has 0 aliphatic heterocycles. The van der Waals surface area contributed by atoms with E-state index in [-0.39, 0.29) is 5.91 Å². The highest BCUT2D eigenvalue weighted by Gasteiger charge is 2.16. The van der Waals surface area contributed by atoms with E-state index in [0.29, 0.717) is 5.92 Å². The molecule has 0 radical (unpaired) electrons. The fourth-order valence-corrected chi connectivity index (χ4v) is 2.08. The SMILES string of the molecule is CCN(CCC(C)C)C(=O)c1ccccc1Br. The van der Waals surface area contributed by atoms with E-state index in [4.69, 9.17) is 0 Å². The highest BCUT2D eigenvalue weighted by Crippen LogP contribution is 2.18. The van der Waals surface area contributed by atoms with Crippen molar-refractivity contribution < 1.29 is 4.79 Å². The Bertz CT molecular complexity index is 376. The zero-order valence-corrected chi connectivity index (χ0v) is 12.3. The van der Waals surface area contributed by atoms with Crippen molar-refractivity contribution in [1.82, 2.24) is 4.90 Å². The molecule has 0 saturated carbocycles. The van der Waals surface area contributed by atoms with E-state index in [9.17, 15) is 4.79 Å². The number of nitrogens with zero attached hydrogens (tertiary/aromatic N) is 1. The fraction of sp³-hybridized carbons (Fsp3) is 0.500. The van der Waals surface area contributed by atoms with Crippen molar-refractivity contribution in [2.75, 3.05) is 13.1 Å². The predicted octanol–water partition coefficient (Wildman–Crippen LogP) is 3.96. The Morgan fingerprint density at radius 1 is 1.35 bits per heavy atom. The van der Waals surface area contributed by atoms with Gasteiger partial charge >= 0.3 is 0 Å². The predicted molar refractivity (Wildman–Crippen MR) is 75.2 cm³/mol. The Kier molecular flexibility index (Phi) is 5.69. The normalized spacial score (nSPS) is 10.6. The topological polar surface area (TPSA) is 20.3 Å². The van der Waals surface area contributed by atoms with Gasteiger partial charge in [-0.3, -0.25) is 4.79 Å². The van der Waals surface area contributed by atoms with Crippen molar-refractivity contribution in [1.29, 1.82) is 0 Å². The van der Waals surface area contributed by atoms with Crippen LogP contribution in [-0.2, 0) is 0 Å². The molecule has 0 bridgehead atoms. The quantitative estimate of drug-likeness (QED) is 0.806. The van der Waals surface area contributed by atoms with Gasteiger partial charge in [-0.2, -0.15) is 0 Å². The standard InChI is InChI=1S/C14H20BrNO/c1-4-16(10-9-11(2)3)14(17)12-7-5-6-8-13(12)15/h5-8,11H,4,9-10H2,1-3H3. The number of benzene rings is 1. The molecule has 0 aliphatic carbocycles. The molecule has 2 nitrogen and oxygen atoms in total. The van der Waals surface area contributed by atoms with E-state index in [2.05, 4.69) is 29.8 Å². The second-order valence-electron chi connectivity index (χ2n) is 4.55. The zero-order chi connectivity index (χ0) is 12.8. The van der Waals surface area contributed by atoms with Gasteiger partial charge < -0.3 is 4.90 Å². The van der Waals surface area contributed by atoms with Gasteiger partial charge in [0, 0.05) is 17.6 Å². The van der Waals surface area contributed by atoms with Gasteiger partial charge in [-0.15, -0.1) is 0 Å². The molecule has 1 rings (SSSR count). The highest BCUT2D eigenvalue weighted by atomic mass is 79.9. The molecule has 0 heterocycles. The maximum atomic E-state index is 12.3. The third-order valence-electron chi connectivity index (χ3n) is 2.75. The zero-order valence-electron chi connectivity index (χ0n) is 10.7. The number of carbonyl (C=O) groups is 1. The summed E-state index contributed by atoms with van der Waals surface area (Å²) in [6.07, 6.45) is 1.05. The van der Waals surface area contributed by atoms with Gasteiger partial charge in [0.25, 0.3) is 5.91 Å². The van der Waals surface area contributed by atoms with E-state index in [1.165, 1.54) is 0 Å². The van der Waals surface area contributed by atoms with Gasteiger partial charge in [0.1, 0.15) is 0 Å². The number of hydrogen-bond acceptors (Lipinski definition) is 1. The van der Waals surface area contributed by atoms with Crippen molar-refractivity contribution in [3.63, 3.8) is 0 Å². The molecular formula is C14H20BrNO. The van der Waals surface area contributed by atoms with Gasteiger partial charge in [0.05, 0.1) is 5.56 Å². The molecule has 17 heavy (non-hydrogen) atoms. The Labute approximate surface area is 112 Å². The Balaban J connectivity index is 2.76. The van der Waals surface area contributed by atoms with Crippen LogP contribution in [0.15, 0.2) is 28.7 Å². The van der Waals surface area contributed by atoms with Crippen molar-refractivity contribution in [3.05, 3.63) is 34.3 Å². The van der Waals surface area contributed by atoms with E-state index in [1.54, 1.807) is 0 Å². The largest absolute Gasteiger partial charge is 0.339 e. The number of rotatable bonds is 5. The summed E-state index contributed by atoms with van der Waals surface area (Å²) in [7, 11) is 0. The summed E-state index contributed by atoms with van der Waals surface area (Å²) in [5.74, 6) is 0.733. The molecule has 0 saturated heterocycles. The minimum atomic E-state index is 0.112. The summed E-state index contributed by atoms with van der Waals surface area (Å²) in [4.78, 5) is 14.2. The first kappa shape index (κ1) is 14.2. The lowest BCUT2D eigenvalue weighted by Gasteiger charge is -2.22. The first-order valence-electron chi connectivity index (χ1n) is 6.10. The first-order chi connectivity index (χ1) is 8.06. The number of amides is 1. The monoisotopic (exact) mass is 297 g/mol. The summed E-state index contributed by atoms with van der Waals surface area (Å²) in [5, 5.41) is 0. The minimum absolute atomic E-state index is 0.112. The van der Waals surface area contributed by atoms with Crippen LogP contribution >= 0.6 is 15.9 Å². The molecule has 94 valence electrons. The lowest BCUT2D eigenvalue weighted by atomic mass is 10.1. The maximum absolute atomic E-state index is 12.3. The molecule has 1 aromatic rings. The van der Waals surface area contributed by atoms with Crippen LogP contribution < -0.4 is 0 Å². The Morgan fingerprint density at radius 2 is 2.00 bits per heavy atom. The summed E-state index contributed by atoms with van der Waals surface area (Å²) in [6.45, 7) is 7.96. The average molecular weight is 298 g/mol. The second-order valence-corrected chi connectivity index (χ2v) is 5.40. The molecule has 3 heteroatoms. The Morgan fingerprint density at radius 3 is 2.53 bits per heavy atom.